The number of rotatable bonds is 8. The van der Waals surface area contributed by atoms with E-state index in [2.05, 4.69) is 10.6 Å². The molecule has 6 heteroatoms. The van der Waals surface area contributed by atoms with E-state index in [1.54, 1.807) is 24.3 Å². The number of hydrogen-bond donors (Lipinski definition) is 2. The van der Waals surface area contributed by atoms with E-state index < -0.39 is 0 Å². The largest absolute Gasteiger partial charge is 0.497 e. The first-order chi connectivity index (χ1) is 10.6. The van der Waals surface area contributed by atoms with Crippen molar-refractivity contribution in [2.24, 2.45) is 0 Å². The van der Waals surface area contributed by atoms with Gasteiger partial charge in [-0.15, -0.1) is 0 Å². The van der Waals surface area contributed by atoms with Gasteiger partial charge in [-0.25, -0.2) is 0 Å². The fourth-order valence-corrected chi connectivity index (χ4v) is 1.94. The van der Waals surface area contributed by atoms with Crippen LogP contribution in [0.4, 0.5) is 0 Å². The van der Waals surface area contributed by atoms with Crippen LogP contribution in [-0.4, -0.2) is 37.3 Å². The van der Waals surface area contributed by atoms with Crippen molar-refractivity contribution in [3.63, 3.8) is 0 Å². The number of carbonyl (C=O) groups excluding carboxylic acids is 3. The van der Waals surface area contributed by atoms with Crippen LogP contribution in [0.3, 0.4) is 0 Å². The van der Waals surface area contributed by atoms with Crippen LogP contribution in [0.15, 0.2) is 24.3 Å². The molecule has 1 aromatic carbocycles. The van der Waals surface area contributed by atoms with E-state index in [0.717, 1.165) is 12.8 Å². The highest BCUT2D eigenvalue weighted by Gasteiger charge is 2.23. The summed E-state index contributed by atoms with van der Waals surface area (Å²) in [4.78, 5) is 35.1. The van der Waals surface area contributed by atoms with Crippen molar-refractivity contribution in [3.8, 4) is 5.75 Å². The SMILES string of the molecule is COc1cccc(C(=O)CCC(=O)NCC(=O)NC2CC2)c1. The van der Waals surface area contributed by atoms with Crippen LogP contribution in [0, 0.1) is 0 Å². The molecule has 1 aliphatic rings. The number of hydrogen-bond acceptors (Lipinski definition) is 4. The molecule has 2 rings (SSSR count). The summed E-state index contributed by atoms with van der Waals surface area (Å²) in [6.45, 7) is -0.0390. The second-order valence-corrected chi connectivity index (χ2v) is 5.27. The maximum absolute atomic E-state index is 12.0. The average Bonchev–Trinajstić information content (AvgIpc) is 3.34. The molecule has 0 radical (unpaired) electrons. The highest BCUT2D eigenvalue weighted by molar-refractivity contribution is 5.98. The highest BCUT2D eigenvalue weighted by Crippen LogP contribution is 2.18. The summed E-state index contributed by atoms with van der Waals surface area (Å²) in [5.41, 5.74) is 0.513. The third kappa shape index (κ3) is 5.20. The van der Waals surface area contributed by atoms with Gasteiger partial charge in [0.2, 0.25) is 11.8 Å². The number of methoxy groups -OCH3 is 1. The van der Waals surface area contributed by atoms with E-state index in [9.17, 15) is 14.4 Å². The Kier molecular flexibility index (Phi) is 5.52. The number of benzene rings is 1. The smallest absolute Gasteiger partial charge is 0.239 e. The number of ketones is 1. The van der Waals surface area contributed by atoms with E-state index >= 15 is 0 Å². The van der Waals surface area contributed by atoms with Crippen molar-refractivity contribution in [1.82, 2.24) is 10.6 Å². The Labute approximate surface area is 129 Å². The van der Waals surface area contributed by atoms with Crippen LogP contribution in [0.5, 0.6) is 5.75 Å². The van der Waals surface area contributed by atoms with Gasteiger partial charge in [0.15, 0.2) is 5.78 Å². The van der Waals surface area contributed by atoms with Crippen molar-refractivity contribution in [2.75, 3.05) is 13.7 Å². The van der Waals surface area contributed by atoms with Crippen LogP contribution in [0.25, 0.3) is 0 Å². The summed E-state index contributed by atoms with van der Waals surface area (Å²) in [6, 6.07) is 7.09. The lowest BCUT2D eigenvalue weighted by molar-refractivity contribution is -0.126. The van der Waals surface area contributed by atoms with E-state index in [0.29, 0.717) is 11.3 Å². The van der Waals surface area contributed by atoms with Crippen molar-refractivity contribution in [1.29, 1.82) is 0 Å². The molecule has 0 atom stereocenters. The molecule has 22 heavy (non-hydrogen) atoms. The van der Waals surface area contributed by atoms with Gasteiger partial charge in [0.05, 0.1) is 13.7 Å². The molecule has 2 amide bonds. The minimum absolute atomic E-state index is 0.0390. The Morgan fingerprint density at radius 2 is 1.95 bits per heavy atom. The molecule has 118 valence electrons. The van der Waals surface area contributed by atoms with Gasteiger partial charge in [-0.3, -0.25) is 14.4 Å². The first kappa shape index (κ1) is 16.0. The Hall–Kier alpha value is -2.37. The van der Waals surface area contributed by atoms with Gasteiger partial charge in [0.25, 0.3) is 0 Å². The molecular formula is C16H20N2O4. The zero-order valence-corrected chi connectivity index (χ0v) is 12.6. The molecule has 0 unspecified atom stereocenters. The molecule has 0 aromatic heterocycles. The van der Waals surface area contributed by atoms with Crippen molar-refractivity contribution < 1.29 is 19.1 Å². The van der Waals surface area contributed by atoms with Crippen molar-refractivity contribution >= 4 is 17.6 Å². The van der Waals surface area contributed by atoms with Gasteiger partial charge in [0, 0.05) is 24.4 Å². The minimum atomic E-state index is -0.304. The molecule has 0 saturated heterocycles. The molecular weight excluding hydrogens is 284 g/mol. The Morgan fingerprint density at radius 1 is 1.18 bits per heavy atom. The highest BCUT2D eigenvalue weighted by atomic mass is 16.5. The second kappa shape index (κ2) is 7.59. The molecule has 1 fully saturated rings. The number of nitrogens with one attached hydrogen (secondary N) is 2. The minimum Gasteiger partial charge on any atom is -0.497 e. The predicted octanol–water partition coefficient (Wildman–Crippen LogP) is 1.05. The summed E-state index contributed by atoms with van der Waals surface area (Å²) in [5.74, 6) is -0.0132. The normalized spacial score (nSPS) is 13.3. The summed E-state index contributed by atoms with van der Waals surface area (Å²) >= 11 is 0. The van der Waals surface area contributed by atoms with Crippen LogP contribution >= 0.6 is 0 Å². The van der Waals surface area contributed by atoms with Gasteiger partial charge in [-0.2, -0.15) is 0 Å². The zero-order valence-electron chi connectivity index (χ0n) is 12.6. The lowest BCUT2D eigenvalue weighted by Crippen LogP contribution is -2.37. The Morgan fingerprint density at radius 3 is 2.64 bits per heavy atom. The number of ether oxygens (including phenoxy) is 1. The van der Waals surface area contributed by atoms with Crippen LogP contribution < -0.4 is 15.4 Å². The fourth-order valence-electron chi connectivity index (χ4n) is 1.94. The molecule has 1 aliphatic carbocycles. The third-order valence-electron chi connectivity index (χ3n) is 3.36. The number of amides is 2. The van der Waals surface area contributed by atoms with Gasteiger partial charge in [0.1, 0.15) is 5.75 Å². The molecule has 0 spiro atoms. The lowest BCUT2D eigenvalue weighted by atomic mass is 10.1. The van der Waals surface area contributed by atoms with Crippen molar-refractivity contribution in [2.45, 2.75) is 31.7 Å². The maximum Gasteiger partial charge on any atom is 0.239 e. The number of Topliss-reactive ketones (excluding diaryl/α,β-unsaturated/α-hetero) is 1. The topological polar surface area (TPSA) is 84.5 Å². The van der Waals surface area contributed by atoms with E-state index in [1.807, 2.05) is 0 Å². The quantitative estimate of drug-likeness (QED) is 0.703. The molecule has 0 bridgehead atoms. The maximum atomic E-state index is 12.0. The number of carbonyl (C=O) groups is 3. The van der Waals surface area contributed by atoms with Gasteiger partial charge in [-0.05, 0) is 25.0 Å². The Bertz CT molecular complexity index is 567. The fraction of sp³-hybridized carbons (Fsp3) is 0.438. The van der Waals surface area contributed by atoms with E-state index in [1.165, 1.54) is 7.11 Å². The first-order valence-corrected chi connectivity index (χ1v) is 7.32. The molecule has 1 aromatic rings. The standard InChI is InChI=1S/C16H20N2O4/c1-22-13-4-2-3-11(9-13)14(19)7-8-15(20)17-10-16(21)18-12-5-6-12/h2-4,9,12H,5-8,10H2,1H3,(H,17,20)(H,18,21). The monoisotopic (exact) mass is 304 g/mol. The van der Waals surface area contributed by atoms with E-state index in [4.69, 9.17) is 4.74 Å². The first-order valence-electron chi connectivity index (χ1n) is 7.32. The van der Waals surface area contributed by atoms with Gasteiger partial charge in [-0.1, -0.05) is 12.1 Å². The van der Waals surface area contributed by atoms with Gasteiger partial charge < -0.3 is 15.4 Å². The van der Waals surface area contributed by atoms with Crippen LogP contribution in [0.1, 0.15) is 36.0 Å². The lowest BCUT2D eigenvalue weighted by Gasteiger charge is -2.06. The molecule has 6 nitrogen and oxygen atoms in total. The third-order valence-corrected chi connectivity index (χ3v) is 3.36. The molecule has 0 heterocycles. The predicted molar refractivity (Wildman–Crippen MR) is 80.7 cm³/mol. The van der Waals surface area contributed by atoms with Crippen LogP contribution in [-0.2, 0) is 9.59 Å². The average molecular weight is 304 g/mol. The summed E-state index contributed by atoms with van der Waals surface area (Å²) < 4.78 is 5.06. The summed E-state index contributed by atoms with van der Waals surface area (Å²) in [6.07, 6.45) is 2.18. The van der Waals surface area contributed by atoms with Crippen LogP contribution in [0.2, 0.25) is 0 Å². The summed E-state index contributed by atoms with van der Waals surface area (Å²) in [7, 11) is 1.53. The van der Waals surface area contributed by atoms with Gasteiger partial charge >= 0.3 is 0 Å². The second-order valence-electron chi connectivity index (χ2n) is 5.27. The Balaban J connectivity index is 1.70. The van der Waals surface area contributed by atoms with Crippen molar-refractivity contribution in [3.05, 3.63) is 29.8 Å². The molecule has 0 aliphatic heterocycles. The summed E-state index contributed by atoms with van der Waals surface area (Å²) in [5, 5.41) is 5.30. The molecule has 1 saturated carbocycles. The zero-order chi connectivity index (χ0) is 15.9. The van der Waals surface area contributed by atoms with E-state index in [-0.39, 0.29) is 43.0 Å². The molecule has 2 N–H and O–H groups in total.